The van der Waals surface area contributed by atoms with E-state index in [2.05, 4.69) is 10.3 Å². The first-order valence-electron chi connectivity index (χ1n) is 6.78. The number of nitrogens with zero attached hydrogens (tertiary/aromatic N) is 2. The first kappa shape index (κ1) is 16.2. The van der Waals surface area contributed by atoms with Gasteiger partial charge in [0.1, 0.15) is 11.9 Å². The molecule has 0 aliphatic carbocycles. The normalized spacial score (nSPS) is 10.4. The van der Waals surface area contributed by atoms with Gasteiger partial charge >= 0.3 is 0 Å². The van der Waals surface area contributed by atoms with Gasteiger partial charge in [-0.05, 0) is 38.1 Å². The first-order valence-corrected chi connectivity index (χ1v) is 6.78. The molecule has 0 fully saturated rings. The van der Waals surface area contributed by atoms with Crippen LogP contribution in [0.4, 0.5) is 11.5 Å². The zero-order valence-corrected chi connectivity index (χ0v) is 12.5. The van der Waals surface area contributed by atoms with Crippen molar-refractivity contribution in [2.24, 2.45) is 0 Å². The van der Waals surface area contributed by atoms with Gasteiger partial charge in [-0.1, -0.05) is 0 Å². The van der Waals surface area contributed by atoms with Crippen molar-refractivity contribution in [3.8, 4) is 11.5 Å². The van der Waals surface area contributed by atoms with Crippen LogP contribution in [0.15, 0.2) is 36.5 Å². The molecule has 0 radical (unpaired) electrons. The highest BCUT2D eigenvalue weighted by atomic mass is 16.6. The van der Waals surface area contributed by atoms with E-state index in [1.165, 1.54) is 0 Å². The summed E-state index contributed by atoms with van der Waals surface area (Å²) in [5.41, 5.74) is -0.0312. The Morgan fingerprint density at radius 3 is 2.52 bits per heavy atom. The summed E-state index contributed by atoms with van der Waals surface area (Å²) in [5, 5.41) is 22.6. The smallest absolute Gasteiger partial charge is 0.291 e. The number of hydrogen-bond acceptors (Lipinski definition) is 6. The van der Waals surface area contributed by atoms with Gasteiger partial charge in [0.25, 0.3) is 11.6 Å². The van der Waals surface area contributed by atoms with E-state index in [0.717, 1.165) is 12.3 Å². The maximum absolute atomic E-state index is 12.1. The summed E-state index contributed by atoms with van der Waals surface area (Å²) in [5.74, 6) is -0.499. The van der Waals surface area contributed by atoms with Gasteiger partial charge in [0.05, 0.1) is 17.1 Å². The lowest BCUT2D eigenvalue weighted by molar-refractivity contribution is -0.385. The Morgan fingerprint density at radius 2 is 2.00 bits per heavy atom. The van der Waals surface area contributed by atoms with Gasteiger partial charge in [0.2, 0.25) is 0 Å². The maximum atomic E-state index is 12.1. The molecule has 2 N–H and O–H groups in total. The molecule has 1 aromatic heterocycles. The third-order valence-electron chi connectivity index (χ3n) is 2.78. The van der Waals surface area contributed by atoms with Crippen LogP contribution >= 0.6 is 0 Å². The zero-order valence-electron chi connectivity index (χ0n) is 12.5. The molecule has 0 saturated carbocycles. The molecule has 1 amide bonds. The molecule has 0 aliphatic rings. The Balaban J connectivity index is 2.11. The highest BCUT2D eigenvalue weighted by molar-refractivity contribution is 6.04. The molecule has 0 bridgehead atoms. The van der Waals surface area contributed by atoms with E-state index in [-0.39, 0.29) is 17.6 Å². The molecule has 8 nitrogen and oxygen atoms in total. The van der Waals surface area contributed by atoms with Crippen molar-refractivity contribution in [2.45, 2.75) is 20.0 Å². The van der Waals surface area contributed by atoms with Crippen molar-refractivity contribution in [3.05, 3.63) is 52.2 Å². The van der Waals surface area contributed by atoms with Crippen LogP contribution in [0.1, 0.15) is 24.2 Å². The SMILES string of the molecule is CC(C)Oc1ccc(C(=O)Nc2ncc([N+](=O)[O-])cc2O)cc1. The predicted molar refractivity (Wildman–Crippen MR) is 82.7 cm³/mol. The van der Waals surface area contributed by atoms with Gasteiger partial charge < -0.3 is 15.2 Å². The molecule has 120 valence electrons. The van der Waals surface area contributed by atoms with Crippen LogP contribution in [-0.4, -0.2) is 27.0 Å². The van der Waals surface area contributed by atoms with E-state index >= 15 is 0 Å². The zero-order chi connectivity index (χ0) is 17.0. The van der Waals surface area contributed by atoms with Gasteiger partial charge in [-0.3, -0.25) is 14.9 Å². The average molecular weight is 317 g/mol. The Hall–Kier alpha value is -3.16. The minimum Gasteiger partial charge on any atom is -0.504 e. The number of nitrogens with one attached hydrogen (secondary N) is 1. The van der Waals surface area contributed by atoms with Gasteiger partial charge in [0.15, 0.2) is 11.6 Å². The molecule has 0 aliphatic heterocycles. The number of hydrogen-bond donors (Lipinski definition) is 2. The average Bonchev–Trinajstić information content (AvgIpc) is 2.49. The van der Waals surface area contributed by atoms with Crippen molar-refractivity contribution in [1.29, 1.82) is 0 Å². The summed E-state index contributed by atoms with van der Waals surface area (Å²) in [6, 6.07) is 7.35. The van der Waals surface area contributed by atoms with Crippen LogP contribution < -0.4 is 10.1 Å². The van der Waals surface area contributed by atoms with Crippen LogP contribution in [0.3, 0.4) is 0 Å². The molecule has 0 unspecified atom stereocenters. The molecular formula is C15H15N3O5. The lowest BCUT2D eigenvalue weighted by Crippen LogP contribution is -2.13. The number of nitro groups is 1. The number of carbonyl (C=O) groups excluding carboxylic acids is 1. The fourth-order valence-electron chi connectivity index (χ4n) is 1.78. The molecule has 0 spiro atoms. The third-order valence-corrected chi connectivity index (χ3v) is 2.78. The van der Waals surface area contributed by atoms with Crippen LogP contribution in [0, 0.1) is 10.1 Å². The first-order chi connectivity index (χ1) is 10.9. The number of aromatic hydroxyl groups is 1. The number of carbonyl (C=O) groups is 1. The van der Waals surface area contributed by atoms with Gasteiger partial charge in [-0.2, -0.15) is 0 Å². The van der Waals surface area contributed by atoms with E-state index in [9.17, 15) is 20.0 Å². The topological polar surface area (TPSA) is 115 Å². The Morgan fingerprint density at radius 1 is 1.35 bits per heavy atom. The van der Waals surface area contributed by atoms with Crippen molar-refractivity contribution in [3.63, 3.8) is 0 Å². The molecule has 0 atom stereocenters. The number of anilines is 1. The summed E-state index contributed by atoms with van der Waals surface area (Å²) in [6.07, 6.45) is 0.977. The predicted octanol–water partition coefficient (Wildman–Crippen LogP) is 2.73. The molecular weight excluding hydrogens is 302 g/mol. The summed E-state index contributed by atoms with van der Waals surface area (Å²) in [6.45, 7) is 3.79. The molecule has 2 rings (SSSR count). The summed E-state index contributed by atoms with van der Waals surface area (Å²) in [4.78, 5) is 25.6. The molecule has 23 heavy (non-hydrogen) atoms. The minimum atomic E-state index is -0.689. The highest BCUT2D eigenvalue weighted by Crippen LogP contribution is 2.25. The Kier molecular flexibility index (Phi) is 4.75. The largest absolute Gasteiger partial charge is 0.504 e. The molecule has 1 aromatic carbocycles. The Bertz CT molecular complexity index is 728. The molecule has 0 saturated heterocycles. The number of amides is 1. The summed E-state index contributed by atoms with van der Waals surface area (Å²) in [7, 11) is 0. The van der Waals surface area contributed by atoms with Gasteiger partial charge in [-0.15, -0.1) is 0 Å². The van der Waals surface area contributed by atoms with Crippen molar-refractivity contribution in [2.75, 3.05) is 5.32 Å². The standard InChI is InChI=1S/C15H15N3O5/c1-9(2)23-12-5-3-10(4-6-12)15(20)17-14-13(19)7-11(8-16-14)18(21)22/h3-9,19H,1-2H3,(H,16,17,20). The van der Waals surface area contributed by atoms with E-state index in [0.29, 0.717) is 11.3 Å². The summed E-state index contributed by atoms with van der Waals surface area (Å²) < 4.78 is 5.47. The summed E-state index contributed by atoms with van der Waals surface area (Å²) >= 11 is 0. The maximum Gasteiger partial charge on any atom is 0.291 e. The Labute approximate surface area is 131 Å². The van der Waals surface area contributed by atoms with Crippen molar-refractivity contribution >= 4 is 17.4 Å². The van der Waals surface area contributed by atoms with E-state index in [1.807, 2.05) is 13.8 Å². The second kappa shape index (κ2) is 6.73. The quantitative estimate of drug-likeness (QED) is 0.647. The lowest BCUT2D eigenvalue weighted by Gasteiger charge is -2.10. The number of aromatic nitrogens is 1. The molecule has 2 aromatic rings. The number of benzene rings is 1. The number of rotatable bonds is 5. The van der Waals surface area contributed by atoms with E-state index in [1.54, 1.807) is 24.3 Å². The highest BCUT2D eigenvalue weighted by Gasteiger charge is 2.14. The fourth-order valence-corrected chi connectivity index (χ4v) is 1.78. The fraction of sp³-hybridized carbons (Fsp3) is 0.200. The van der Waals surface area contributed by atoms with Crippen molar-refractivity contribution < 1.29 is 19.6 Å². The van der Waals surface area contributed by atoms with Gasteiger partial charge in [-0.25, -0.2) is 4.98 Å². The second-order valence-electron chi connectivity index (χ2n) is 4.96. The minimum absolute atomic E-state index is 0.0240. The number of pyridine rings is 1. The van der Waals surface area contributed by atoms with Crippen LogP contribution in [0.5, 0.6) is 11.5 Å². The van der Waals surface area contributed by atoms with Crippen LogP contribution in [0.2, 0.25) is 0 Å². The van der Waals surface area contributed by atoms with E-state index in [4.69, 9.17) is 4.74 Å². The second-order valence-corrected chi connectivity index (χ2v) is 4.96. The number of ether oxygens (including phenoxy) is 1. The third kappa shape index (κ3) is 4.16. The monoisotopic (exact) mass is 317 g/mol. The van der Waals surface area contributed by atoms with Crippen LogP contribution in [-0.2, 0) is 0 Å². The van der Waals surface area contributed by atoms with Gasteiger partial charge in [0, 0.05) is 5.56 Å². The van der Waals surface area contributed by atoms with Crippen molar-refractivity contribution in [1.82, 2.24) is 4.98 Å². The molecule has 1 heterocycles. The molecule has 8 heteroatoms. The van der Waals surface area contributed by atoms with Crippen LogP contribution in [0.25, 0.3) is 0 Å². The lowest BCUT2D eigenvalue weighted by atomic mass is 10.2. The van der Waals surface area contributed by atoms with E-state index < -0.39 is 16.6 Å².